The number of carbonyl (C=O) groups is 3. The summed E-state index contributed by atoms with van der Waals surface area (Å²) in [6.45, 7) is -0.333. The van der Waals surface area contributed by atoms with Crippen molar-refractivity contribution in [3.8, 4) is 11.1 Å². The van der Waals surface area contributed by atoms with Crippen LogP contribution in [-0.4, -0.2) is 48.8 Å². The smallest absolute Gasteiger partial charge is 0.289 e. The summed E-state index contributed by atoms with van der Waals surface area (Å²) in [7, 11) is -4.41. The van der Waals surface area contributed by atoms with E-state index in [1.165, 1.54) is 47.9 Å². The Hall–Kier alpha value is -4.07. The zero-order valence-electron chi connectivity index (χ0n) is 19.4. The summed E-state index contributed by atoms with van der Waals surface area (Å²) >= 11 is 0. The average Bonchev–Trinajstić information content (AvgIpc) is 3.15. The van der Waals surface area contributed by atoms with E-state index in [2.05, 4.69) is 4.72 Å². The number of amides is 3. The van der Waals surface area contributed by atoms with Crippen molar-refractivity contribution < 1.29 is 41.2 Å². The van der Waals surface area contributed by atoms with Gasteiger partial charge in [-0.05, 0) is 47.9 Å². The molecule has 0 aromatic heterocycles. The molecule has 0 spiro atoms. The van der Waals surface area contributed by atoms with Crippen molar-refractivity contribution in [2.75, 3.05) is 6.54 Å². The summed E-state index contributed by atoms with van der Waals surface area (Å²) in [6, 6.07) is 13.9. The number of hydrogen-bond acceptors (Lipinski definition) is 6. The Morgan fingerprint density at radius 1 is 0.868 bits per heavy atom. The second-order valence-corrected chi connectivity index (χ2v) is 10.0. The molecular formula is C25H20F3N3O6S. The lowest BCUT2D eigenvalue weighted by atomic mass is 9.99. The summed E-state index contributed by atoms with van der Waals surface area (Å²) in [6.07, 6.45) is -4.98. The maximum atomic E-state index is 13.4. The molecule has 0 unspecified atom stereocenters. The number of alkyl halides is 3. The second-order valence-electron chi connectivity index (χ2n) is 8.31. The lowest BCUT2D eigenvalue weighted by Crippen LogP contribution is -2.47. The van der Waals surface area contributed by atoms with Gasteiger partial charge < -0.3 is 0 Å². The molecule has 0 saturated heterocycles. The highest BCUT2D eigenvalue weighted by Crippen LogP contribution is 2.37. The molecule has 0 saturated carbocycles. The molecule has 1 aliphatic heterocycles. The number of nitrogens with zero attached hydrogens (tertiary/aromatic N) is 1. The van der Waals surface area contributed by atoms with Gasteiger partial charge in [0.1, 0.15) is 6.04 Å². The first kappa shape index (κ1) is 27.0. The number of benzene rings is 3. The van der Waals surface area contributed by atoms with Gasteiger partial charge in [0.25, 0.3) is 17.7 Å². The van der Waals surface area contributed by atoms with Gasteiger partial charge >= 0.3 is 6.18 Å². The monoisotopic (exact) mass is 547 g/mol. The second kappa shape index (κ2) is 10.4. The highest BCUT2D eigenvalue weighted by molar-refractivity contribution is 7.89. The van der Waals surface area contributed by atoms with Gasteiger partial charge in [-0.15, -0.1) is 0 Å². The first-order valence-corrected chi connectivity index (χ1v) is 12.6. The number of imide groups is 1. The molecule has 3 amide bonds. The predicted octanol–water partition coefficient (Wildman–Crippen LogP) is 3.21. The van der Waals surface area contributed by atoms with Gasteiger partial charge in [0, 0.05) is 6.54 Å². The molecular weight excluding hydrogens is 527 g/mol. The van der Waals surface area contributed by atoms with E-state index in [0.29, 0.717) is 0 Å². The molecule has 0 aliphatic carbocycles. The normalized spacial score (nSPS) is 14.4. The van der Waals surface area contributed by atoms with Gasteiger partial charge in [-0.25, -0.2) is 13.9 Å². The molecule has 1 heterocycles. The van der Waals surface area contributed by atoms with E-state index in [0.717, 1.165) is 23.1 Å². The molecule has 4 rings (SSSR count). The molecule has 38 heavy (non-hydrogen) atoms. The number of sulfonamides is 1. The molecule has 13 heteroatoms. The van der Waals surface area contributed by atoms with Crippen LogP contribution in [0.15, 0.2) is 77.7 Å². The maximum absolute atomic E-state index is 13.4. The fourth-order valence-corrected chi connectivity index (χ4v) is 5.30. The molecule has 0 fully saturated rings. The fraction of sp³-hybridized carbons (Fsp3) is 0.160. The third kappa shape index (κ3) is 5.30. The minimum atomic E-state index is -4.62. The Labute approximate surface area is 214 Å². The van der Waals surface area contributed by atoms with Gasteiger partial charge in [0.05, 0.1) is 21.6 Å². The van der Waals surface area contributed by atoms with E-state index in [1.54, 1.807) is 12.1 Å². The number of fused-ring (bicyclic) bond motifs is 1. The Bertz CT molecular complexity index is 1470. The van der Waals surface area contributed by atoms with Crippen LogP contribution in [0.1, 0.15) is 32.7 Å². The van der Waals surface area contributed by atoms with E-state index in [9.17, 15) is 36.0 Å². The van der Waals surface area contributed by atoms with Crippen LogP contribution in [-0.2, 0) is 21.0 Å². The van der Waals surface area contributed by atoms with Crippen LogP contribution in [0, 0.1) is 0 Å². The third-order valence-corrected chi connectivity index (χ3v) is 7.44. The molecule has 3 N–H and O–H groups in total. The number of nitrogens with one attached hydrogen (secondary N) is 2. The zero-order valence-corrected chi connectivity index (χ0v) is 20.2. The zero-order chi connectivity index (χ0) is 27.7. The van der Waals surface area contributed by atoms with Crippen molar-refractivity contribution >= 4 is 27.7 Å². The lowest BCUT2D eigenvalue weighted by molar-refractivity contribution is -0.137. The molecule has 0 radical (unpaired) electrons. The van der Waals surface area contributed by atoms with Gasteiger partial charge in [0.15, 0.2) is 0 Å². The summed E-state index contributed by atoms with van der Waals surface area (Å²) in [5.74, 6) is -2.35. The first-order chi connectivity index (χ1) is 17.9. The minimum absolute atomic E-state index is 0.118. The average molecular weight is 548 g/mol. The van der Waals surface area contributed by atoms with E-state index in [4.69, 9.17) is 5.21 Å². The van der Waals surface area contributed by atoms with Crippen LogP contribution < -0.4 is 10.2 Å². The Kier molecular flexibility index (Phi) is 7.35. The molecule has 3 aromatic carbocycles. The first-order valence-electron chi connectivity index (χ1n) is 11.1. The van der Waals surface area contributed by atoms with E-state index >= 15 is 0 Å². The lowest BCUT2D eigenvalue weighted by Gasteiger charge is -2.20. The third-order valence-electron chi connectivity index (χ3n) is 5.95. The Morgan fingerprint density at radius 2 is 1.39 bits per heavy atom. The van der Waals surface area contributed by atoms with Gasteiger partial charge in [-0.2, -0.15) is 17.9 Å². The van der Waals surface area contributed by atoms with Crippen molar-refractivity contribution in [1.82, 2.24) is 15.1 Å². The van der Waals surface area contributed by atoms with E-state index in [1.807, 2.05) is 0 Å². The van der Waals surface area contributed by atoms with E-state index < -0.39 is 45.5 Å². The van der Waals surface area contributed by atoms with Gasteiger partial charge in [-0.3, -0.25) is 24.5 Å². The number of carbonyl (C=O) groups excluding carboxylic acids is 3. The number of hydrogen-bond donors (Lipinski definition) is 3. The SMILES string of the molecule is O=C(NO)[C@@H](CCN1C(=O)c2ccccc2C1=O)NS(=O)(=O)c1ccc(-c2ccccc2C(F)(F)F)cc1. The molecule has 9 nitrogen and oxygen atoms in total. The van der Waals surface area contributed by atoms with Gasteiger partial charge in [0.2, 0.25) is 10.0 Å². The Balaban J connectivity index is 1.52. The maximum Gasteiger partial charge on any atom is 0.417 e. The molecule has 1 aliphatic rings. The molecule has 3 aromatic rings. The van der Waals surface area contributed by atoms with Crippen molar-refractivity contribution in [1.29, 1.82) is 0 Å². The van der Waals surface area contributed by atoms with Crippen LogP contribution in [0.25, 0.3) is 11.1 Å². The predicted molar refractivity (Wildman–Crippen MR) is 127 cm³/mol. The van der Waals surface area contributed by atoms with Crippen molar-refractivity contribution in [3.63, 3.8) is 0 Å². The quantitative estimate of drug-likeness (QED) is 0.225. The minimum Gasteiger partial charge on any atom is -0.289 e. The van der Waals surface area contributed by atoms with Crippen LogP contribution in [0.3, 0.4) is 0 Å². The van der Waals surface area contributed by atoms with E-state index in [-0.39, 0.29) is 40.1 Å². The van der Waals surface area contributed by atoms with Crippen LogP contribution in [0.5, 0.6) is 0 Å². The number of rotatable bonds is 8. The summed E-state index contributed by atoms with van der Waals surface area (Å²) < 4.78 is 68.0. The van der Waals surface area contributed by atoms with Crippen molar-refractivity contribution in [2.24, 2.45) is 0 Å². The Morgan fingerprint density at radius 3 is 1.92 bits per heavy atom. The molecule has 1 atom stereocenters. The molecule has 0 bridgehead atoms. The number of hydroxylamine groups is 1. The standard InChI is InChI=1S/C25H20F3N3O6S/c26-25(27,28)20-8-4-3-5-17(20)15-9-11-16(12-10-15)38(36,37)30-21(22(32)29-35)13-14-31-23(33)18-6-1-2-7-19(18)24(31)34/h1-12,21,30,35H,13-14H2,(H,29,32)/t21-/m1/s1. The summed E-state index contributed by atoms with van der Waals surface area (Å²) in [4.78, 5) is 37.8. The van der Waals surface area contributed by atoms with Crippen LogP contribution in [0.4, 0.5) is 13.2 Å². The fourth-order valence-electron chi connectivity index (χ4n) is 4.07. The highest BCUT2D eigenvalue weighted by atomic mass is 32.2. The molecule has 198 valence electrons. The van der Waals surface area contributed by atoms with Crippen LogP contribution >= 0.6 is 0 Å². The summed E-state index contributed by atoms with van der Waals surface area (Å²) in [5, 5.41) is 9.09. The number of halogens is 3. The highest BCUT2D eigenvalue weighted by Gasteiger charge is 2.36. The van der Waals surface area contributed by atoms with Crippen molar-refractivity contribution in [2.45, 2.75) is 23.5 Å². The van der Waals surface area contributed by atoms with Gasteiger partial charge in [-0.1, -0.05) is 42.5 Å². The topological polar surface area (TPSA) is 133 Å². The van der Waals surface area contributed by atoms with Crippen LogP contribution in [0.2, 0.25) is 0 Å². The summed E-state index contributed by atoms with van der Waals surface area (Å²) in [5.41, 5.74) is 0.780. The largest absolute Gasteiger partial charge is 0.417 e. The van der Waals surface area contributed by atoms with Crippen molar-refractivity contribution in [3.05, 3.63) is 89.5 Å².